The molecular weight excluding hydrogens is 313 g/mol. The molecule has 0 spiro atoms. The topological polar surface area (TPSA) is 79.8 Å². The van der Waals surface area contributed by atoms with E-state index in [0.717, 1.165) is 0 Å². The van der Waals surface area contributed by atoms with Gasteiger partial charge in [-0.05, 0) is 42.0 Å². The van der Waals surface area contributed by atoms with Crippen LogP contribution in [0.1, 0.15) is 15.9 Å². The Labute approximate surface area is 138 Å². The molecule has 7 heteroatoms. The van der Waals surface area contributed by atoms with Crippen molar-refractivity contribution in [2.45, 2.75) is 0 Å². The van der Waals surface area contributed by atoms with Crippen LogP contribution in [-0.2, 0) is 4.79 Å². The molecule has 0 aromatic heterocycles. The van der Waals surface area contributed by atoms with E-state index in [-0.39, 0.29) is 18.3 Å². The van der Waals surface area contributed by atoms with E-state index in [1.165, 1.54) is 37.6 Å². The second kappa shape index (κ2) is 8.42. The summed E-state index contributed by atoms with van der Waals surface area (Å²) in [5, 5.41) is 6.21. The third kappa shape index (κ3) is 5.20. The molecule has 0 heterocycles. The highest BCUT2D eigenvalue weighted by Gasteiger charge is 2.07. The third-order valence-corrected chi connectivity index (χ3v) is 3.03. The summed E-state index contributed by atoms with van der Waals surface area (Å²) < 4.78 is 17.7. The summed E-state index contributed by atoms with van der Waals surface area (Å²) in [5.41, 5.74) is 3.33. The molecular formula is C17H16FN3O3. The van der Waals surface area contributed by atoms with Gasteiger partial charge in [-0.15, -0.1) is 0 Å². The van der Waals surface area contributed by atoms with E-state index in [1.54, 1.807) is 24.3 Å². The SMILES string of the molecule is COc1ccc(C(=O)NCC(=O)NN=Cc2ccc(F)cc2)cc1. The quantitative estimate of drug-likeness (QED) is 0.625. The molecule has 2 aromatic rings. The molecule has 24 heavy (non-hydrogen) atoms. The first-order valence-electron chi connectivity index (χ1n) is 7.08. The molecule has 0 aliphatic carbocycles. The van der Waals surface area contributed by atoms with Crippen LogP contribution in [0.25, 0.3) is 0 Å². The van der Waals surface area contributed by atoms with Gasteiger partial charge in [0.15, 0.2) is 0 Å². The second-order valence-corrected chi connectivity index (χ2v) is 4.76. The van der Waals surface area contributed by atoms with Crippen molar-refractivity contribution in [2.24, 2.45) is 5.10 Å². The van der Waals surface area contributed by atoms with Gasteiger partial charge in [-0.2, -0.15) is 5.10 Å². The molecule has 0 saturated carbocycles. The standard InChI is InChI=1S/C17H16FN3O3/c1-24-15-8-4-13(5-9-15)17(23)19-11-16(22)21-20-10-12-2-6-14(18)7-3-12/h2-10H,11H2,1H3,(H,19,23)(H,21,22). The number of hydrogen-bond donors (Lipinski definition) is 2. The molecule has 124 valence electrons. The minimum Gasteiger partial charge on any atom is -0.497 e. The van der Waals surface area contributed by atoms with Gasteiger partial charge in [-0.25, -0.2) is 9.82 Å². The fourth-order valence-electron chi connectivity index (χ4n) is 1.77. The van der Waals surface area contributed by atoms with Crippen LogP contribution in [0.2, 0.25) is 0 Å². The first-order chi connectivity index (χ1) is 11.6. The van der Waals surface area contributed by atoms with E-state index < -0.39 is 5.91 Å². The number of amides is 2. The predicted octanol–water partition coefficient (Wildman–Crippen LogP) is 1.71. The van der Waals surface area contributed by atoms with E-state index in [2.05, 4.69) is 15.8 Å². The van der Waals surface area contributed by atoms with E-state index >= 15 is 0 Å². The van der Waals surface area contributed by atoms with Crippen molar-refractivity contribution in [3.05, 3.63) is 65.5 Å². The molecule has 0 atom stereocenters. The molecule has 6 nitrogen and oxygen atoms in total. The number of hydrazone groups is 1. The van der Waals surface area contributed by atoms with Gasteiger partial charge in [0, 0.05) is 5.56 Å². The zero-order valence-corrected chi connectivity index (χ0v) is 13.0. The van der Waals surface area contributed by atoms with E-state index in [0.29, 0.717) is 16.9 Å². The minimum atomic E-state index is -0.477. The highest BCUT2D eigenvalue weighted by Crippen LogP contribution is 2.10. The largest absolute Gasteiger partial charge is 0.497 e. The van der Waals surface area contributed by atoms with E-state index in [4.69, 9.17) is 4.74 Å². The lowest BCUT2D eigenvalue weighted by atomic mass is 10.2. The van der Waals surface area contributed by atoms with Gasteiger partial charge in [-0.1, -0.05) is 12.1 Å². The Kier molecular flexibility index (Phi) is 6.01. The van der Waals surface area contributed by atoms with Crippen LogP contribution in [0, 0.1) is 5.82 Å². The second-order valence-electron chi connectivity index (χ2n) is 4.76. The zero-order chi connectivity index (χ0) is 17.4. The molecule has 0 bridgehead atoms. The van der Waals surface area contributed by atoms with Gasteiger partial charge >= 0.3 is 0 Å². The number of carbonyl (C=O) groups excluding carboxylic acids is 2. The molecule has 0 unspecified atom stereocenters. The van der Waals surface area contributed by atoms with Crippen LogP contribution in [0.4, 0.5) is 4.39 Å². The van der Waals surface area contributed by atoms with Crippen LogP contribution in [0.3, 0.4) is 0 Å². The molecule has 0 aliphatic rings. The van der Waals surface area contributed by atoms with Crippen LogP contribution in [0.5, 0.6) is 5.75 Å². The Morgan fingerprint density at radius 1 is 1.12 bits per heavy atom. The number of hydrogen-bond acceptors (Lipinski definition) is 4. The van der Waals surface area contributed by atoms with Gasteiger partial charge in [-0.3, -0.25) is 9.59 Å². The summed E-state index contributed by atoms with van der Waals surface area (Å²) in [4.78, 5) is 23.5. The van der Waals surface area contributed by atoms with Gasteiger partial charge in [0.05, 0.1) is 19.9 Å². The summed E-state index contributed by atoms with van der Waals surface area (Å²) in [6.45, 7) is -0.217. The Hall–Kier alpha value is -3.22. The maximum Gasteiger partial charge on any atom is 0.259 e. The van der Waals surface area contributed by atoms with Gasteiger partial charge in [0.2, 0.25) is 0 Å². The minimum absolute atomic E-state index is 0.217. The van der Waals surface area contributed by atoms with Crippen LogP contribution in [-0.4, -0.2) is 31.7 Å². The van der Waals surface area contributed by atoms with Crippen molar-refractivity contribution in [1.82, 2.24) is 10.7 Å². The lowest BCUT2D eigenvalue weighted by Crippen LogP contribution is -2.34. The van der Waals surface area contributed by atoms with E-state index in [1.807, 2.05) is 0 Å². The van der Waals surface area contributed by atoms with Crippen molar-refractivity contribution >= 4 is 18.0 Å². The van der Waals surface area contributed by atoms with Crippen molar-refractivity contribution in [1.29, 1.82) is 0 Å². The number of nitrogens with zero attached hydrogens (tertiary/aromatic N) is 1. The molecule has 0 aliphatic heterocycles. The summed E-state index contributed by atoms with van der Waals surface area (Å²) in [5.74, 6) is -0.567. The third-order valence-electron chi connectivity index (χ3n) is 3.03. The van der Waals surface area contributed by atoms with Gasteiger partial charge in [0.25, 0.3) is 11.8 Å². The molecule has 2 amide bonds. The zero-order valence-electron chi connectivity index (χ0n) is 13.0. The molecule has 0 saturated heterocycles. The first kappa shape index (κ1) is 17.1. The lowest BCUT2D eigenvalue weighted by molar-refractivity contribution is -0.120. The van der Waals surface area contributed by atoms with Crippen LogP contribution < -0.4 is 15.5 Å². The van der Waals surface area contributed by atoms with Crippen LogP contribution >= 0.6 is 0 Å². The van der Waals surface area contributed by atoms with Crippen molar-refractivity contribution < 1.29 is 18.7 Å². The van der Waals surface area contributed by atoms with Crippen LogP contribution in [0.15, 0.2) is 53.6 Å². The Balaban J connectivity index is 1.77. The van der Waals surface area contributed by atoms with Gasteiger partial charge < -0.3 is 10.1 Å². The smallest absolute Gasteiger partial charge is 0.259 e. The van der Waals surface area contributed by atoms with Crippen molar-refractivity contribution in [3.8, 4) is 5.75 Å². The van der Waals surface area contributed by atoms with Crippen molar-refractivity contribution in [3.63, 3.8) is 0 Å². The number of ether oxygens (including phenoxy) is 1. The predicted molar refractivity (Wildman–Crippen MR) is 87.5 cm³/mol. The highest BCUT2D eigenvalue weighted by atomic mass is 19.1. The molecule has 2 rings (SSSR count). The number of nitrogens with one attached hydrogen (secondary N) is 2. The lowest BCUT2D eigenvalue weighted by Gasteiger charge is -2.05. The Bertz CT molecular complexity index is 728. The Morgan fingerprint density at radius 2 is 1.79 bits per heavy atom. The Morgan fingerprint density at radius 3 is 2.42 bits per heavy atom. The maximum absolute atomic E-state index is 12.7. The number of halogens is 1. The molecule has 2 N–H and O–H groups in total. The molecule has 0 fully saturated rings. The number of benzene rings is 2. The maximum atomic E-state index is 12.7. The first-order valence-corrected chi connectivity index (χ1v) is 7.08. The summed E-state index contributed by atoms with van der Waals surface area (Å²) in [7, 11) is 1.53. The normalized spacial score (nSPS) is 10.4. The summed E-state index contributed by atoms with van der Waals surface area (Å²) in [6.07, 6.45) is 1.38. The molecule has 0 radical (unpaired) electrons. The monoisotopic (exact) mass is 329 g/mol. The number of methoxy groups -OCH3 is 1. The number of rotatable bonds is 6. The fourth-order valence-corrected chi connectivity index (χ4v) is 1.77. The summed E-state index contributed by atoms with van der Waals surface area (Å²) in [6, 6.07) is 12.1. The highest BCUT2D eigenvalue weighted by molar-refractivity contribution is 5.96. The number of carbonyl (C=O) groups is 2. The average Bonchev–Trinajstić information content (AvgIpc) is 2.61. The average molecular weight is 329 g/mol. The van der Waals surface area contributed by atoms with E-state index in [9.17, 15) is 14.0 Å². The fraction of sp³-hybridized carbons (Fsp3) is 0.118. The van der Waals surface area contributed by atoms with Crippen molar-refractivity contribution in [2.75, 3.05) is 13.7 Å². The summed E-state index contributed by atoms with van der Waals surface area (Å²) >= 11 is 0. The van der Waals surface area contributed by atoms with Gasteiger partial charge in [0.1, 0.15) is 11.6 Å². The molecule has 2 aromatic carbocycles.